The minimum absolute atomic E-state index is 0.189. The predicted molar refractivity (Wildman–Crippen MR) is 106 cm³/mol. The average Bonchev–Trinajstić information content (AvgIpc) is 3.26. The quantitative estimate of drug-likeness (QED) is 0.592. The number of ether oxygens (including phenoxy) is 1. The summed E-state index contributed by atoms with van der Waals surface area (Å²) in [5.74, 6) is 1.73. The molecule has 1 aromatic heterocycles. The van der Waals surface area contributed by atoms with Gasteiger partial charge in [0.15, 0.2) is 0 Å². The van der Waals surface area contributed by atoms with Crippen molar-refractivity contribution in [1.82, 2.24) is 9.55 Å². The number of rotatable bonds is 3. The molecular formula is C22H21BrN2O. The van der Waals surface area contributed by atoms with Gasteiger partial charge < -0.3 is 9.30 Å². The van der Waals surface area contributed by atoms with Crippen molar-refractivity contribution in [2.45, 2.75) is 24.8 Å². The second-order valence-electron chi connectivity index (χ2n) is 7.29. The van der Waals surface area contributed by atoms with E-state index < -0.39 is 0 Å². The molecule has 0 radical (unpaired) electrons. The molecule has 0 amide bonds. The number of aromatic nitrogens is 2. The molecule has 26 heavy (non-hydrogen) atoms. The van der Waals surface area contributed by atoms with Gasteiger partial charge in [0.1, 0.15) is 5.82 Å². The zero-order valence-electron chi connectivity index (χ0n) is 14.6. The largest absolute Gasteiger partial charge is 0.381 e. The SMILES string of the molecule is Brc1ccc(C2(CC3CCOCC3)c3ccccc3-c3nccn32)cc1. The van der Waals surface area contributed by atoms with Crippen molar-refractivity contribution in [1.29, 1.82) is 0 Å². The zero-order valence-corrected chi connectivity index (χ0v) is 16.2. The number of halogens is 1. The summed E-state index contributed by atoms with van der Waals surface area (Å²) in [6, 6.07) is 17.6. The first-order chi connectivity index (χ1) is 12.8. The van der Waals surface area contributed by atoms with Crippen molar-refractivity contribution in [3.8, 4) is 11.4 Å². The summed E-state index contributed by atoms with van der Waals surface area (Å²) in [6.07, 6.45) is 7.42. The Balaban J connectivity index is 1.73. The van der Waals surface area contributed by atoms with E-state index in [1.165, 1.54) is 16.7 Å². The van der Waals surface area contributed by atoms with Gasteiger partial charge in [-0.15, -0.1) is 0 Å². The Morgan fingerprint density at radius 1 is 1.08 bits per heavy atom. The van der Waals surface area contributed by atoms with Crippen LogP contribution < -0.4 is 0 Å². The van der Waals surface area contributed by atoms with Crippen molar-refractivity contribution in [2.75, 3.05) is 13.2 Å². The molecule has 3 heterocycles. The van der Waals surface area contributed by atoms with Crippen LogP contribution in [0.4, 0.5) is 0 Å². The van der Waals surface area contributed by atoms with Crippen LogP contribution in [-0.4, -0.2) is 22.8 Å². The number of benzene rings is 2. The second kappa shape index (κ2) is 6.36. The van der Waals surface area contributed by atoms with Crippen LogP contribution >= 0.6 is 15.9 Å². The molecule has 3 aromatic rings. The van der Waals surface area contributed by atoms with Crippen LogP contribution in [0.5, 0.6) is 0 Å². The molecule has 1 unspecified atom stereocenters. The molecule has 1 fully saturated rings. The van der Waals surface area contributed by atoms with E-state index in [0.29, 0.717) is 5.92 Å². The Labute approximate surface area is 162 Å². The van der Waals surface area contributed by atoms with E-state index in [1.54, 1.807) is 0 Å². The predicted octanol–water partition coefficient (Wildman–Crippen LogP) is 5.23. The Kier molecular flexibility index (Phi) is 3.98. The number of hydrogen-bond acceptors (Lipinski definition) is 2. The Morgan fingerprint density at radius 2 is 1.85 bits per heavy atom. The fraction of sp³-hybridized carbons (Fsp3) is 0.318. The summed E-state index contributed by atoms with van der Waals surface area (Å²) in [5, 5.41) is 0. The van der Waals surface area contributed by atoms with Crippen molar-refractivity contribution in [3.05, 3.63) is 76.5 Å². The van der Waals surface area contributed by atoms with Gasteiger partial charge >= 0.3 is 0 Å². The zero-order chi connectivity index (χ0) is 17.6. The fourth-order valence-corrected chi connectivity index (χ4v) is 4.96. The van der Waals surface area contributed by atoms with E-state index in [1.807, 2.05) is 6.20 Å². The molecule has 4 heteroatoms. The lowest BCUT2D eigenvalue weighted by Gasteiger charge is -2.38. The third-order valence-electron chi connectivity index (χ3n) is 5.91. The maximum absolute atomic E-state index is 5.62. The van der Waals surface area contributed by atoms with Gasteiger partial charge in [-0.25, -0.2) is 4.98 Å². The van der Waals surface area contributed by atoms with E-state index in [4.69, 9.17) is 9.72 Å². The summed E-state index contributed by atoms with van der Waals surface area (Å²) < 4.78 is 9.13. The summed E-state index contributed by atoms with van der Waals surface area (Å²) in [5.41, 5.74) is 3.77. The van der Waals surface area contributed by atoms with Gasteiger partial charge in [0.2, 0.25) is 0 Å². The van der Waals surface area contributed by atoms with Gasteiger partial charge in [-0.2, -0.15) is 0 Å². The number of nitrogens with zero attached hydrogens (tertiary/aromatic N) is 2. The molecule has 132 valence electrons. The lowest BCUT2D eigenvalue weighted by Crippen LogP contribution is -2.36. The highest BCUT2D eigenvalue weighted by molar-refractivity contribution is 9.10. The summed E-state index contributed by atoms with van der Waals surface area (Å²) in [4.78, 5) is 4.70. The third kappa shape index (κ3) is 2.39. The maximum Gasteiger partial charge on any atom is 0.141 e. The monoisotopic (exact) mass is 408 g/mol. The van der Waals surface area contributed by atoms with Crippen LogP contribution in [0.2, 0.25) is 0 Å². The van der Waals surface area contributed by atoms with Crippen molar-refractivity contribution in [2.24, 2.45) is 5.92 Å². The Bertz CT molecular complexity index is 927. The van der Waals surface area contributed by atoms with Gasteiger partial charge in [-0.3, -0.25) is 0 Å². The lowest BCUT2D eigenvalue weighted by atomic mass is 9.74. The van der Waals surface area contributed by atoms with E-state index in [-0.39, 0.29) is 5.54 Å². The van der Waals surface area contributed by atoms with Crippen LogP contribution in [0.25, 0.3) is 11.4 Å². The summed E-state index contributed by atoms with van der Waals surface area (Å²) >= 11 is 3.59. The highest BCUT2D eigenvalue weighted by Crippen LogP contribution is 2.51. The normalized spacial score (nSPS) is 22.2. The average molecular weight is 409 g/mol. The van der Waals surface area contributed by atoms with Crippen molar-refractivity contribution < 1.29 is 4.74 Å². The number of fused-ring (bicyclic) bond motifs is 3. The van der Waals surface area contributed by atoms with Crippen LogP contribution in [0.3, 0.4) is 0 Å². The summed E-state index contributed by atoms with van der Waals surface area (Å²) in [6.45, 7) is 1.75. The van der Waals surface area contributed by atoms with Crippen molar-refractivity contribution in [3.63, 3.8) is 0 Å². The van der Waals surface area contributed by atoms with E-state index in [9.17, 15) is 0 Å². The van der Waals surface area contributed by atoms with Crippen LogP contribution in [-0.2, 0) is 10.3 Å². The molecule has 5 rings (SSSR count). The van der Waals surface area contributed by atoms with Crippen LogP contribution in [0.15, 0.2) is 65.4 Å². The first kappa shape index (κ1) is 16.3. The molecule has 2 aliphatic rings. The minimum Gasteiger partial charge on any atom is -0.381 e. The molecule has 0 aliphatic carbocycles. The van der Waals surface area contributed by atoms with E-state index >= 15 is 0 Å². The smallest absolute Gasteiger partial charge is 0.141 e. The second-order valence-corrected chi connectivity index (χ2v) is 8.21. The standard InChI is InChI=1S/C22H21BrN2O/c23-18-7-5-17(6-8-18)22(15-16-9-13-26-14-10-16)20-4-2-1-3-19(20)21-24-11-12-25(21)22/h1-8,11-12,16H,9-10,13-15H2. The maximum atomic E-state index is 5.62. The summed E-state index contributed by atoms with van der Waals surface area (Å²) in [7, 11) is 0. The van der Waals surface area contributed by atoms with Gasteiger partial charge in [0.25, 0.3) is 0 Å². The highest BCUT2D eigenvalue weighted by atomic mass is 79.9. The molecule has 0 spiro atoms. The van der Waals surface area contributed by atoms with E-state index in [2.05, 4.69) is 75.2 Å². The molecule has 3 nitrogen and oxygen atoms in total. The topological polar surface area (TPSA) is 27.1 Å². The number of imidazole rings is 1. The minimum atomic E-state index is -0.189. The molecule has 0 N–H and O–H groups in total. The molecule has 0 saturated carbocycles. The van der Waals surface area contributed by atoms with Crippen LogP contribution in [0.1, 0.15) is 30.4 Å². The van der Waals surface area contributed by atoms with Gasteiger partial charge in [0, 0.05) is 35.6 Å². The van der Waals surface area contributed by atoms with E-state index in [0.717, 1.165) is 42.8 Å². The first-order valence-electron chi connectivity index (χ1n) is 9.26. The lowest BCUT2D eigenvalue weighted by molar-refractivity contribution is 0.0566. The highest BCUT2D eigenvalue weighted by Gasteiger charge is 2.46. The van der Waals surface area contributed by atoms with Gasteiger partial charge in [-0.1, -0.05) is 52.3 Å². The molecule has 1 saturated heterocycles. The third-order valence-corrected chi connectivity index (χ3v) is 6.44. The van der Waals surface area contributed by atoms with Crippen LogP contribution in [0, 0.1) is 5.92 Å². The molecular weight excluding hydrogens is 388 g/mol. The first-order valence-corrected chi connectivity index (χ1v) is 10.1. The van der Waals surface area contributed by atoms with Gasteiger partial charge in [0.05, 0.1) is 5.54 Å². The van der Waals surface area contributed by atoms with Crippen molar-refractivity contribution >= 4 is 15.9 Å². The Hall–Kier alpha value is -1.91. The molecule has 0 bridgehead atoms. The fourth-order valence-electron chi connectivity index (χ4n) is 4.69. The molecule has 1 atom stereocenters. The molecule has 2 aromatic carbocycles. The molecule has 2 aliphatic heterocycles. The number of hydrogen-bond donors (Lipinski definition) is 0. The van der Waals surface area contributed by atoms with Gasteiger partial charge in [-0.05, 0) is 48.4 Å². The Morgan fingerprint density at radius 3 is 2.65 bits per heavy atom.